The fourth-order valence-corrected chi connectivity index (χ4v) is 4.71. The van der Waals surface area contributed by atoms with Gasteiger partial charge in [-0.25, -0.2) is 0 Å². The van der Waals surface area contributed by atoms with Crippen molar-refractivity contribution in [2.24, 2.45) is 17.8 Å². The minimum Gasteiger partial charge on any atom is -0.392 e. The van der Waals surface area contributed by atoms with Gasteiger partial charge >= 0.3 is 0 Å². The highest BCUT2D eigenvalue weighted by Gasteiger charge is 2.43. The van der Waals surface area contributed by atoms with Gasteiger partial charge in [0, 0.05) is 33.0 Å². The number of carbonyl (C=O) groups is 1. The van der Waals surface area contributed by atoms with Crippen LogP contribution in [0.15, 0.2) is 23.8 Å². The van der Waals surface area contributed by atoms with E-state index in [2.05, 4.69) is 30.5 Å². The molecule has 0 radical (unpaired) electrons. The molecule has 5 atom stereocenters. The third-order valence-electron chi connectivity index (χ3n) is 6.53. The van der Waals surface area contributed by atoms with Crippen LogP contribution in [-0.2, 0) is 4.79 Å². The van der Waals surface area contributed by atoms with Gasteiger partial charge in [0.05, 0.1) is 11.7 Å². The number of aliphatic hydroxyl groups excluding tert-OH is 1. The highest BCUT2D eigenvalue weighted by Crippen LogP contribution is 2.47. The van der Waals surface area contributed by atoms with E-state index in [1.54, 1.807) is 19.0 Å². The molecule has 1 amide bonds. The van der Waals surface area contributed by atoms with Crippen LogP contribution in [0.1, 0.15) is 65.2 Å². The Morgan fingerprint density at radius 3 is 2.83 bits per heavy atom. The van der Waals surface area contributed by atoms with Crippen LogP contribution in [0.3, 0.4) is 0 Å². The van der Waals surface area contributed by atoms with Crippen molar-refractivity contribution >= 4 is 5.91 Å². The molecule has 2 aliphatic rings. The minimum absolute atomic E-state index is 0.179. The van der Waals surface area contributed by atoms with Crippen molar-refractivity contribution in [1.82, 2.24) is 10.2 Å². The van der Waals surface area contributed by atoms with E-state index in [1.807, 2.05) is 6.92 Å². The van der Waals surface area contributed by atoms with Gasteiger partial charge < -0.3 is 20.4 Å². The number of nitrogens with zero attached hydrogens (tertiary/aromatic N) is 1. The molecule has 5 heteroatoms. The zero-order valence-electron chi connectivity index (χ0n) is 18.9. The van der Waals surface area contributed by atoms with Crippen LogP contribution in [-0.4, -0.2) is 59.9 Å². The molecule has 166 valence electrons. The Balaban J connectivity index is 1.74. The number of amides is 1. The maximum atomic E-state index is 11.6. The van der Waals surface area contributed by atoms with E-state index >= 15 is 0 Å². The summed E-state index contributed by atoms with van der Waals surface area (Å²) >= 11 is 0. The Bertz CT molecular complexity index is 583. The summed E-state index contributed by atoms with van der Waals surface area (Å²) in [5.41, 5.74) is 0.783. The number of carbonyl (C=O) groups excluding carboxylic acids is 1. The first-order chi connectivity index (χ1) is 13.7. The van der Waals surface area contributed by atoms with Gasteiger partial charge in [0.2, 0.25) is 5.91 Å². The van der Waals surface area contributed by atoms with E-state index in [0.717, 1.165) is 51.6 Å². The van der Waals surface area contributed by atoms with Crippen molar-refractivity contribution in [3.8, 4) is 0 Å². The van der Waals surface area contributed by atoms with Gasteiger partial charge in [0.15, 0.2) is 0 Å². The highest BCUT2D eigenvalue weighted by molar-refractivity contribution is 5.75. The van der Waals surface area contributed by atoms with Crippen molar-refractivity contribution in [1.29, 1.82) is 0 Å². The van der Waals surface area contributed by atoms with E-state index in [1.165, 1.54) is 5.57 Å². The number of hydrogen-bond acceptors (Lipinski definition) is 4. The third-order valence-corrected chi connectivity index (χ3v) is 6.53. The molecule has 3 N–H and O–H groups in total. The molecule has 1 saturated carbocycles. The Hall–Kier alpha value is -1.17. The average Bonchev–Trinajstić information content (AvgIpc) is 3.17. The third kappa shape index (κ3) is 7.54. The Kier molecular flexibility index (Phi) is 9.38. The zero-order chi connectivity index (χ0) is 21.4. The molecule has 0 aliphatic heterocycles. The second kappa shape index (κ2) is 11.3. The first-order valence-electron chi connectivity index (χ1n) is 11.4. The Labute approximate surface area is 177 Å². The molecule has 0 aromatic heterocycles. The van der Waals surface area contributed by atoms with E-state index in [4.69, 9.17) is 0 Å². The molecule has 2 rings (SSSR count). The molecular weight excluding hydrogens is 364 g/mol. The number of unbranched alkanes of at least 4 members (excludes halogenated alkanes) is 1. The van der Waals surface area contributed by atoms with Crippen LogP contribution in [0, 0.1) is 17.8 Å². The number of nitrogens with one attached hydrogen (secondary N) is 1. The first kappa shape index (κ1) is 24.1. The fourth-order valence-electron chi connectivity index (χ4n) is 4.71. The van der Waals surface area contributed by atoms with Crippen LogP contribution < -0.4 is 5.32 Å². The summed E-state index contributed by atoms with van der Waals surface area (Å²) in [6.45, 7) is 5.78. The summed E-state index contributed by atoms with van der Waals surface area (Å²) in [5, 5.41) is 24.4. The lowest BCUT2D eigenvalue weighted by Gasteiger charge is -2.22. The average molecular weight is 407 g/mol. The summed E-state index contributed by atoms with van der Waals surface area (Å²) < 4.78 is 0. The van der Waals surface area contributed by atoms with Crippen molar-refractivity contribution < 1.29 is 15.0 Å². The van der Waals surface area contributed by atoms with Crippen LogP contribution in [0.5, 0.6) is 0 Å². The Morgan fingerprint density at radius 1 is 1.38 bits per heavy atom. The molecule has 0 aromatic rings. The molecule has 29 heavy (non-hydrogen) atoms. The largest absolute Gasteiger partial charge is 0.392 e. The smallest absolute Gasteiger partial charge is 0.222 e. The van der Waals surface area contributed by atoms with Crippen LogP contribution in [0.4, 0.5) is 0 Å². The van der Waals surface area contributed by atoms with E-state index in [0.29, 0.717) is 24.7 Å². The summed E-state index contributed by atoms with van der Waals surface area (Å²) in [7, 11) is 3.59. The van der Waals surface area contributed by atoms with Gasteiger partial charge in [-0.3, -0.25) is 4.79 Å². The zero-order valence-corrected chi connectivity index (χ0v) is 18.9. The summed E-state index contributed by atoms with van der Waals surface area (Å²) in [6.07, 6.45) is 13.3. The molecule has 0 aromatic carbocycles. The van der Waals surface area contributed by atoms with Crippen LogP contribution in [0.25, 0.3) is 0 Å². The summed E-state index contributed by atoms with van der Waals surface area (Å²) in [6, 6.07) is 0. The monoisotopic (exact) mass is 406 g/mol. The van der Waals surface area contributed by atoms with Crippen molar-refractivity contribution in [2.75, 3.05) is 27.2 Å². The molecule has 1 fully saturated rings. The van der Waals surface area contributed by atoms with Crippen LogP contribution >= 0.6 is 0 Å². The molecule has 2 aliphatic carbocycles. The van der Waals surface area contributed by atoms with Crippen LogP contribution in [0.2, 0.25) is 0 Å². The Morgan fingerprint density at radius 2 is 2.14 bits per heavy atom. The maximum absolute atomic E-state index is 11.6. The standard InChI is InChI=1S/C24H42N2O3/c1-5-6-11-24(2,29)12-7-9-20-21-15-18(14-19(21)16-22(20)27)17-25-13-8-10-23(28)26(3)4/h7,9,14,19-22,25,27,29H,5-6,8,10-13,15-17H2,1-4H3/b9-7+/t19-,20+,21-,22+,24-/m0/s1. The first-order valence-corrected chi connectivity index (χ1v) is 11.4. The van der Waals surface area contributed by atoms with Crippen molar-refractivity contribution in [3.05, 3.63) is 23.8 Å². The topological polar surface area (TPSA) is 72.8 Å². The van der Waals surface area contributed by atoms with E-state index < -0.39 is 5.60 Å². The van der Waals surface area contributed by atoms with Gasteiger partial charge in [-0.05, 0) is 57.4 Å². The minimum atomic E-state index is -0.646. The number of hydrogen-bond donors (Lipinski definition) is 3. The molecular formula is C24H42N2O3. The highest BCUT2D eigenvalue weighted by atomic mass is 16.3. The lowest BCUT2D eigenvalue weighted by molar-refractivity contribution is -0.128. The molecule has 0 bridgehead atoms. The number of rotatable bonds is 12. The lowest BCUT2D eigenvalue weighted by Crippen LogP contribution is -2.24. The van der Waals surface area contributed by atoms with Gasteiger partial charge in [-0.15, -0.1) is 0 Å². The molecule has 0 saturated heterocycles. The maximum Gasteiger partial charge on any atom is 0.222 e. The SMILES string of the molecule is CCCC[C@](C)(O)C/C=C/[C@@H]1[C@H]2CC(CNCCCC(=O)N(C)C)=C[C@H]2C[C@H]1O. The van der Waals surface area contributed by atoms with E-state index in [9.17, 15) is 15.0 Å². The number of allylic oxidation sites excluding steroid dienone is 1. The summed E-state index contributed by atoms with van der Waals surface area (Å²) in [5.74, 6) is 1.31. The quantitative estimate of drug-likeness (QED) is 0.344. The predicted octanol–water partition coefficient (Wildman–Crippen LogP) is 3.28. The van der Waals surface area contributed by atoms with Crippen molar-refractivity contribution in [2.45, 2.75) is 76.9 Å². The van der Waals surface area contributed by atoms with Gasteiger partial charge in [-0.1, -0.05) is 43.6 Å². The van der Waals surface area contributed by atoms with Gasteiger partial charge in [0.25, 0.3) is 0 Å². The van der Waals surface area contributed by atoms with Gasteiger partial charge in [-0.2, -0.15) is 0 Å². The van der Waals surface area contributed by atoms with E-state index in [-0.39, 0.29) is 17.9 Å². The van der Waals surface area contributed by atoms with Crippen molar-refractivity contribution in [3.63, 3.8) is 0 Å². The normalized spacial score (nSPS) is 28.4. The van der Waals surface area contributed by atoms with Gasteiger partial charge in [0.1, 0.15) is 0 Å². The number of aliphatic hydroxyl groups is 2. The molecule has 0 spiro atoms. The molecule has 5 nitrogen and oxygen atoms in total. The predicted molar refractivity (Wildman–Crippen MR) is 118 cm³/mol. The second-order valence-electron chi connectivity index (χ2n) is 9.54. The summed E-state index contributed by atoms with van der Waals surface area (Å²) in [4.78, 5) is 13.2. The second-order valence-corrected chi connectivity index (χ2v) is 9.54. The number of fused-ring (bicyclic) bond motifs is 1. The molecule has 0 unspecified atom stereocenters. The molecule has 0 heterocycles. The lowest BCUT2D eigenvalue weighted by atomic mass is 9.88. The fraction of sp³-hybridized carbons (Fsp3) is 0.792.